The van der Waals surface area contributed by atoms with E-state index in [0.717, 1.165) is 24.1 Å². The average molecular weight is 539 g/mol. The smallest absolute Gasteiger partial charge is 0.246 e. The molecular formula is C21H30IN7O2. The first kappa shape index (κ1) is 23.3. The third-order valence-corrected chi connectivity index (χ3v) is 5.57. The van der Waals surface area contributed by atoms with Crippen LogP contribution in [-0.4, -0.2) is 64.3 Å². The van der Waals surface area contributed by atoms with Gasteiger partial charge < -0.3 is 19.9 Å². The lowest BCUT2D eigenvalue weighted by atomic mass is 10.2. The van der Waals surface area contributed by atoms with E-state index in [2.05, 4.69) is 20.4 Å². The fraction of sp³-hybridized carbons (Fsp3) is 0.524. The second-order valence-electron chi connectivity index (χ2n) is 7.77. The Hall–Kier alpha value is -2.37. The molecule has 0 aromatic carbocycles. The Morgan fingerprint density at radius 2 is 2.13 bits per heavy atom. The molecule has 168 valence electrons. The normalized spacial score (nSPS) is 17.6. The molecule has 9 nitrogen and oxygen atoms in total. The van der Waals surface area contributed by atoms with E-state index in [1.807, 2.05) is 30.3 Å². The van der Waals surface area contributed by atoms with Crippen molar-refractivity contribution in [1.29, 1.82) is 0 Å². The fourth-order valence-electron chi connectivity index (χ4n) is 3.99. The minimum Gasteiger partial charge on any atom is -0.474 e. The summed E-state index contributed by atoms with van der Waals surface area (Å²) in [5, 5.41) is 7.52. The van der Waals surface area contributed by atoms with Gasteiger partial charge in [0, 0.05) is 52.2 Å². The third-order valence-electron chi connectivity index (χ3n) is 5.57. The molecule has 10 heteroatoms. The van der Waals surface area contributed by atoms with Crippen LogP contribution in [0.4, 0.5) is 5.69 Å². The number of anilines is 1. The highest BCUT2D eigenvalue weighted by Crippen LogP contribution is 2.23. The summed E-state index contributed by atoms with van der Waals surface area (Å²) < 4.78 is 7.70. The first-order valence-electron chi connectivity index (χ1n) is 10.5. The summed E-state index contributed by atoms with van der Waals surface area (Å²) in [5.41, 5.74) is 1.90. The van der Waals surface area contributed by atoms with Gasteiger partial charge in [-0.15, -0.1) is 24.0 Å². The van der Waals surface area contributed by atoms with Crippen molar-refractivity contribution in [3.05, 3.63) is 36.3 Å². The van der Waals surface area contributed by atoms with E-state index in [9.17, 15) is 4.79 Å². The predicted molar refractivity (Wildman–Crippen MR) is 130 cm³/mol. The summed E-state index contributed by atoms with van der Waals surface area (Å²) in [7, 11) is 3.58. The number of aromatic nitrogens is 3. The molecule has 0 unspecified atom stereocenters. The van der Waals surface area contributed by atoms with Crippen LogP contribution in [0.2, 0.25) is 0 Å². The van der Waals surface area contributed by atoms with E-state index in [-0.39, 0.29) is 42.5 Å². The number of halogens is 1. The molecule has 2 aromatic rings. The highest BCUT2D eigenvalue weighted by molar-refractivity contribution is 14.0. The van der Waals surface area contributed by atoms with Crippen LogP contribution in [0, 0.1) is 0 Å². The summed E-state index contributed by atoms with van der Waals surface area (Å²) in [6.07, 6.45) is 10.3. The quantitative estimate of drug-likeness (QED) is 0.356. The monoisotopic (exact) mass is 539 g/mol. The molecule has 1 aliphatic carbocycles. The van der Waals surface area contributed by atoms with Crippen molar-refractivity contribution in [1.82, 2.24) is 25.0 Å². The predicted octanol–water partition coefficient (Wildman–Crippen LogP) is 2.18. The maximum atomic E-state index is 12.7. The van der Waals surface area contributed by atoms with Crippen molar-refractivity contribution in [2.45, 2.75) is 38.3 Å². The first-order chi connectivity index (χ1) is 14.6. The molecule has 31 heavy (non-hydrogen) atoms. The molecule has 1 aliphatic heterocycles. The van der Waals surface area contributed by atoms with Crippen molar-refractivity contribution in [2.75, 3.05) is 31.6 Å². The topological polar surface area (TPSA) is 87.9 Å². The number of carbonyl (C=O) groups is 1. The number of piperazine rings is 1. The standard InChI is InChI=1S/C21H29N7O2.HI/c1-22-21(27-9-10-28(20(29)15-27)17-13-25-26(2)14-17)24-12-16-7-8-23-19(11-16)30-18-5-3-4-6-18;/h7-8,11,13-14,18H,3-6,9-10,12,15H2,1-2H3,(H,22,24);1H. The zero-order chi connectivity index (χ0) is 20.9. The van der Waals surface area contributed by atoms with Gasteiger partial charge in [0.25, 0.3) is 0 Å². The number of carbonyl (C=O) groups excluding carboxylic acids is 1. The number of nitrogens with one attached hydrogen (secondary N) is 1. The Morgan fingerprint density at radius 3 is 2.81 bits per heavy atom. The van der Waals surface area contributed by atoms with Gasteiger partial charge in [0.1, 0.15) is 12.6 Å². The number of pyridine rings is 1. The van der Waals surface area contributed by atoms with Crippen molar-refractivity contribution in [3.8, 4) is 5.88 Å². The van der Waals surface area contributed by atoms with Crippen molar-refractivity contribution in [3.63, 3.8) is 0 Å². The number of nitrogens with zero attached hydrogens (tertiary/aromatic N) is 6. The zero-order valence-corrected chi connectivity index (χ0v) is 20.4. The number of amides is 1. The molecule has 0 atom stereocenters. The Balaban J connectivity index is 0.00000272. The number of hydrogen-bond donors (Lipinski definition) is 1. The van der Waals surface area contributed by atoms with Gasteiger partial charge in [-0.3, -0.25) is 14.5 Å². The van der Waals surface area contributed by atoms with Crippen molar-refractivity contribution < 1.29 is 9.53 Å². The average Bonchev–Trinajstić information content (AvgIpc) is 3.41. The summed E-state index contributed by atoms with van der Waals surface area (Å²) in [5.74, 6) is 1.43. The molecule has 2 aliphatic rings. The van der Waals surface area contributed by atoms with Crippen LogP contribution in [0.5, 0.6) is 5.88 Å². The Labute approximate surface area is 199 Å². The largest absolute Gasteiger partial charge is 0.474 e. The molecule has 3 heterocycles. The van der Waals surface area contributed by atoms with E-state index >= 15 is 0 Å². The molecule has 1 saturated heterocycles. The third kappa shape index (κ3) is 5.86. The molecule has 1 saturated carbocycles. The van der Waals surface area contributed by atoms with E-state index < -0.39 is 0 Å². The van der Waals surface area contributed by atoms with Crippen molar-refractivity contribution >= 4 is 41.5 Å². The molecule has 1 amide bonds. The van der Waals surface area contributed by atoms with Crippen LogP contribution in [0.1, 0.15) is 31.2 Å². The van der Waals surface area contributed by atoms with Gasteiger partial charge in [-0.2, -0.15) is 5.10 Å². The lowest BCUT2D eigenvalue weighted by molar-refractivity contribution is -0.120. The van der Waals surface area contributed by atoms with Gasteiger partial charge in [0.2, 0.25) is 11.8 Å². The van der Waals surface area contributed by atoms with Crippen LogP contribution in [0.15, 0.2) is 35.7 Å². The lowest BCUT2D eigenvalue weighted by Crippen LogP contribution is -2.55. The molecule has 0 radical (unpaired) electrons. The number of ether oxygens (including phenoxy) is 1. The van der Waals surface area contributed by atoms with Gasteiger partial charge in [-0.1, -0.05) is 0 Å². The van der Waals surface area contributed by atoms with Crippen LogP contribution >= 0.6 is 24.0 Å². The second-order valence-corrected chi connectivity index (χ2v) is 7.77. The zero-order valence-electron chi connectivity index (χ0n) is 18.0. The summed E-state index contributed by atoms with van der Waals surface area (Å²) in [6.45, 7) is 2.17. The summed E-state index contributed by atoms with van der Waals surface area (Å²) in [4.78, 5) is 25.1. The van der Waals surface area contributed by atoms with E-state index in [1.165, 1.54) is 12.8 Å². The van der Waals surface area contributed by atoms with Crippen LogP contribution in [-0.2, 0) is 18.4 Å². The minimum absolute atomic E-state index is 0. The van der Waals surface area contributed by atoms with Gasteiger partial charge in [0.05, 0.1) is 11.9 Å². The molecule has 2 fully saturated rings. The number of guanidine groups is 1. The fourth-order valence-corrected chi connectivity index (χ4v) is 3.99. The van der Waals surface area contributed by atoms with Gasteiger partial charge in [-0.05, 0) is 37.3 Å². The maximum absolute atomic E-state index is 12.7. The van der Waals surface area contributed by atoms with E-state index in [0.29, 0.717) is 31.5 Å². The Morgan fingerprint density at radius 1 is 1.32 bits per heavy atom. The number of hydrogen-bond acceptors (Lipinski definition) is 5. The molecular weight excluding hydrogens is 509 g/mol. The van der Waals surface area contributed by atoms with Gasteiger partial charge in [0.15, 0.2) is 5.96 Å². The number of aryl methyl sites for hydroxylation is 1. The van der Waals surface area contributed by atoms with Crippen LogP contribution in [0.25, 0.3) is 0 Å². The molecule has 1 N–H and O–H groups in total. The molecule has 2 aromatic heterocycles. The molecule has 0 bridgehead atoms. The highest BCUT2D eigenvalue weighted by Gasteiger charge is 2.27. The number of aliphatic imine (C=N–C) groups is 1. The SMILES string of the molecule is CN=C(NCc1ccnc(OC2CCCC2)c1)N1CCN(c2cnn(C)c2)C(=O)C1.I. The Bertz CT molecular complexity index is 911. The first-order valence-corrected chi connectivity index (χ1v) is 10.5. The van der Waals surface area contributed by atoms with E-state index in [4.69, 9.17) is 4.74 Å². The number of rotatable bonds is 5. The van der Waals surface area contributed by atoms with Gasteiger partial charge in [-0.25, -0.2) is 4.98 Å². The molecule has 4 rings (SSSR count). The Kier molecular flexibility index (Phi) is 8.10. The molecule has 0 spiro atoms. The summed E-state index contributed by atoms with van der Waals surface area (Å²) >= 11 is 0. The van der Waals surface area contributed by atoms with Crippen molar-refractivity contribution in [2.24, 2.45) is 12.0 Å². The summed E-state index contributed by atoms with van der Waals surface area (Å²) in [6, 6.07) is 3.94. The lowest BCUT2D eigenvalue weighted by Gasteiger charge is -2.35. The van der Waals surface area contributed by atoms with Gasteiger partial charge >= 0.3 is 0 Å². The van der Waals surface area contributed by atoms with Crippen LogP contribution in [0.3, 0.4) is 0 Å². The second kappa shape index (κ2) is 10.8. The minimum atomic E-state index is 0. The van der Waals surface area contributed by atoms with Crippen LogP contribution < -0.4 is 15.0 Å². The highest BCUT2D eigenvalue weighted by atomic mass is 127. The maximum Gasteiger partial charge on any atom is 0.246 e. The van der Waals surface area contributed by atoms with E-state index in [1.54, 1.807) is 29.0 Å².